The van der Waals surface area contributed by atoms with Gasteiger partial charge in [-0.15, -0.1) is 0 Å². The molecule has 0 radical (unpaired) electrons. The van der Waals surface area contributed by atoms with Crippen LogP contribution < -0.4 is 15.4 Å². The Morgan fingerprint density at radius 3 is 2.27 bits per heavy atom. The van der Waals surface area contributed by atoms with Crippen LogP contribution in [0.25, 0.3) is 6.08 Å². The minimum atomic E-state index is -0.501. The summed E-state index contributed by atoms with van der Waals surface area (Å²) in [4.78, 5) is 22.5. The van der Waals surface area contributed by atoms with E-state index in [1.54, 1.807) is 6.08 Å². The molecule has 1 heterocycles. The maximum atomic E-state index is 11.4. The van der Waals surface area contributed by atoms with Gasteiger partial charge in [0.25, 0.3) is 5.91 Å². The van der Waals surface area contributed by atoms with E-state index in [-0.39, 0.29) is 5.70 Å². The number of imide groups is 1. The maximum Gasteiger partial charge on any atom is 0.326 e. The number of ether oxygens (including phenoxy) is 1. The van der Waals surface area contributed by atoms with Crippen molar-refractivity contribution in [2.75, 3.05) is 0 Å². The van der Waals surface area contributed by atoms with Crippen LogP contribution in [0.5, 0.6) is 5.75 Å². The van der Waals surface area contributed by atoms with E-state index in [2.05, 4.69) is 10.6 Å². The lowest BCUT2D eigenvalue weighted by Crippen LogP contribution is -2.22. The number of urea groups is 1. The third-order valence-electron chi connectivity index (χ3n) is 3.16. The second-order valence-corrected chi connectivity index (χ2v) is 4.81. The monoisotopic (exact) mass is 294 g/mol. The third-order valence-corrected chi connectivity index (χ3v) is 3.16. The molecule has 0 saturated carbocycles. The first kappa shape index (κ1) is 13.9. The predicted molar refractivity (Wildman–Crippen MR) is 81.9 cm³/mol. The molecule has 1 fully saturated rings. The molecule has 5 heteroatoms. The summed E-state index contributed by atoms with van der Waals surface area (Å²) in [5.74, 6) is 0.320. The molecule has 5 nitrogen and oxygen atoms in total. The van der Waals surface area contributed by atoms with Crippen molar-refractivity contribution in [3.8, 4) is 5.75 Å². The number of amides is 3. The first-order valence-electron chi connectivity index (χ1n) is 6.81. The van der Waals surface area contributed by atoms with E-state index in [9.17, 15) is 9.59 Å². The molecule has 1 aliphatic heterocycles. The molecule has 0 atom stereocenters. The summed E-state index contributed by atoms with van der Waals surface area (Å²) in [6.07, 6.45) is 1.61. The number of rotatable bonds is 4. The molecule has 0 unspecified atom stereocenters. The first-order valence-corrected chi connectivity index (χ1v) is 6.81. The van der Waals surface area contributed by atoms with E-state index < -0.39 is 11.9 Å². The minimum absolute atomic E-state index is 0.239. The summed E-state index contributed by atoms with van der Waals surface area (Å²) >= 11 is 0. The lowest BCUT2D eigenvalue weighted by molar-refractivity contribution is -0.115. The summed E-state index contributed by atoms with van der Waals surface area (Å²) in [6, 6.07) is 16.7. The zero-order chi connectivity index (χ0) is 15.4. The molecule has 1 aliphatic rings. The zero-order valence-electron chi connectivity index (χ0n) is 11.7. The molecule has 2 aromatic rings. The van der Waals surface area contributed by atoms with Crippen molar-refractivity contribution in [2.45, 2.75) is 6.61 Å². The van der Waals surface area contributed by atoms with Crippen molar-refractivity contribution >= 4 is 18.0 Å². The highest BCUT2D eigenvalue weighted by atomic mass is 16.5. The molecule has 2 N–H and O–H groups in total. The van der Waals surface area contributed by atoms with E-state index in [4.69, 9.17) is 4.74 Å². The van der Waals surface area contributed by atoms with Gasteiger partial charge in [-0.2, -0.15) is 0 Å². The van der Waals surface area contributed by atoms with Gasteiger partial charge in [0.1, 0.15) is 18.1 Å². The summed E-state index contributed by atoms with van der Waals surface area (Å²) in [6.45, 7) is 0.500. The number of hydrogen-bond acceptors (Lipinski definition) is 3. The number of benzene rings is 2. The van der Waals surface area contributed by atoms with Crippen LogP contribution in [0.1, 0.15) is 11.1 Å². The summed E-state index contributed by atoms with van der Waals surface area (Å²) in [5.41, 5.74) is 2.14. The van der Waals surface area contributed by atoms with Crippen molar-refractivity contribution in [3.63, 3.8) is 0 Å². The molecule has 3 amide bonds. The topological polar surface area (TPSA) is 67.4 Å². The highest BCUT2D eigenvalue weighted by Gasteiger charge is 2.22. The molecular weight excluding hydrogens is 280 g/mol. The van der Waals surface area contributed by atoms with Crippen LogP contribution in [0.3, 0.4) is 0 Å². The zero-order valence-corrected chi connectivity index (χ0v) is 11.7. The smallest absolute Gasteiger partial charge is 0.326 e. The predicted octanol–water partition coefficient (Wildman–Crippen LogP) is 2.45. The molecule has 2 aromatic carbocycles. The molecule has 0 aromatic heterocycles. The van der Waals surface area contributed by atoms with Gasteiger partial charge in [-0.3, -0.25) is 10.1 Å². The molecule has 110 valence electrons. The number of carbonyl (C=O) groups is 2. The van der Waals surface area contributed by atoms with E-state index in [0.717, 1.165) is 16.9 Å². The quantitative estimate of drug-likeness (QED) is 0.672. The molecule has 0 bridgehead atoms. The summed E-state index contributed by atoms with van der Waals surface area (Å²) in [5, 5.41) is 4.60. The summed E-state index contributed by atoms with van der Waals surface area (Å²) < 4.78 is 5.69. The minimum Gasteiger partial charge on any atom is -0.489 e. The van der Waals surface area contributed by atoms with Gasteiger partial charge in [-0.05, 0) is 29.3 Å². The molecule has 22 heavy (non-hydrogen) atoms. The van der Waals surface area contributed by atoms with Gasteiger partial charge in [-0.1, -0.05) is 42.5 Å². The fraction of sp³-hybridized carbons (Fsp3) is 0.0588. The molecule has 0 spiro atoms. The van der Waals surface area contributed by atoms with E-state index >= 15 is 0 Å². The van der Waals surface area contributed by atoms with Crippen LogP contribution in [0.2, 0.25) is 0 Å². The van der Waals surface area contributed by atoms with E-state index in [1.165, 1.54) is 0 Å². The lowest BCUT2D eigenvalue weighted by atomic mass is 10.2. The van der Waals surface area contributed by atoms with Gasteiger partial charge in [-0.25, -0.2) is 4.79 Å². The Morgan fingerprint density at radius 2 is 1.64 bits per heavy atom. The Hall–Kier alpha value is -3.08. The van der Waals surface area contributed by atoms with E-state index in [1.807, 2.05) is 54.6 Å². The Morgan fingerprint density at radius 1 is 0.909 bits per heavy atom. The van der Waals surface area contributed by atoms with Crippen LogP contribution in [-0.4, -0.2) is 11.9 Å². The van der Waals surface area contributed by atoms with Crippen molar-refractivity contribution in [2.24, 2.45) is 0 Å². The summed E-state index contributed by atoms with van der Waals surface area (Å²) in [7, 11) is 0. The SMILES string of the molecule is O=C1NC(=O)C(=Cc2ccc(OCc3ccccc3)cc2)N1. The second-order valence-electron chi connectivity index (χ2n) is 4.81. The lowest BCUT2D eigenvalue weighted by Gasteiger charge is -2.06. The van der Waals surface area contributed by atoms with Gasteiger partial charge in [0, 0.05) is 0 Å². The Bertz CT molecular complexity index is 721. The van der Waals surface area contributed by atoms with Crippen LogP contribution in [0, 0.1) is 0 Å². The van der Waals surface area contributed by atoms with Gasteiger partial charge in [0.2, 0.25) is 0 Å². The largest absolute Gasteiger partial charge is 0.489 e. The highest BCUT2D eigenvalue weighted by Crippen LogP contribution is 2.16. The van der Waals surface area contributed by atoms with Crippen LogP contribution >= 0.6 is 0 Å². The van der Waals surface area contributed by atoms with Crippen molar-refractivity contribution in [3.05, 3.63) is 71.4 Å². The van der Waals surface area contributed by atoms with E-state index in [0.29, 0.717) is 6.61 Å². The van der Waals surface area contributed by atoms with Crippen LogP contribution in [0.4, 0.5) is 4.79 Å². The van der Waals surface area contributed by atoms with Gasteiger partial charge < -0.3 is 10.1 Å². The molecule has 3 rings (SSSR count). The Kier molecular flexibility index (Phi) is 3.87. The fourth-order valence-corrected chi connectivity index (χ4v) is 2.05. The van der Waals surface area contributed by atoms with Crippen LogP contribution in [0.15, 0.2) is 60.3 Å². The van der Waals surface area contributed by atoms with Crippen molar-refractivity contribution in [1.82, 2.24) is 10.6 Å². The molecule has 1 saturated heterocycles. The average molecular weight is 294 g/mol. The standard InChI is InChI=1S/C17H14N2O3/c20-16-15(18-17(21)19-16)10-12-6-8-14(9-7-12)22-11-13-4-2-1-3-5-13/h1-10H,11H2,(H2,18,19,20,21). The first-order chi connectivity index (χ1) is 10.7. The van der Waals surface area contributed by atoms with Gasteiger partial charge in [0.15, 0.2) is 0 Å². The fourth-order valence-electron chi connectivity index (χ4n) is 2.05. The average Bonchev–Trinajstić information content (AvgIpc) is 2.85. The van der Waals surface area contributed by atoms with Crippen molar-refractivity contribution < 1.29 is 14.3 Å². The maximum absolute atomic E-state index is 11.4. The van der Waals surface area contributed by atoms with Crippen LogP contribution in [-0.2, 0) is 11.4 Å². The third kappa shape index (κ3) is 3.32. The number of carbonyl (C=O) groups excluding carboxylic acids is 2. The normalized spacial score (nSPS) is 15.5. The number of hydrogen-bond donors (Lipinski definition) is 2. The molecular formula is C17H14N2O3. The number of nitrogens with one attached hydrogen (secondary N) is 2. The highest BCUT2D eigenvalue weighted by molar-refractivity contribution is 6.13. The second kappa shape index (κ2) is 6.13. The molecule has 0 aliphatic carbocycles. The van der Waals surface area contributed by atoms with Gasteiger partial charge in [0.05, 0.1) is 0 Å². The Balaban J connectivity index is 1.64. The van der Waals surface area contributed by atoms with Crippen molar-refractivity contribution in [1.29, 1.82) is 0 Å². The Labute approximate surface area is 127 Å². The van der Waals surface area contributed by atoms with Gasteiger partial charge >= 0.3 is 6.03 Å².